The second kappa shape index (κ2) is 12.2. The molecule has 3 rings (SSSR count). The normalized spacial score (nSPS) is 23.7. The van der Waals surface area contributed by atoms with Gasteiger partial charge in [-0.05, 0) is 19.4 Å². The minimum Gasteiger partial charge on any atom is -0.391 e. The number of aliphatic hydroxyl groups is 1. The van der Waals surface area contributed by atoms with Crippen LogP contribution in [0.1, 0.15) is 31.5 Å². The molecule has 0 spiro atoms. The van der Waals surface area contributed by atoms with Crippen molar-refractivity contribution >= 4 is 23.6 Å². The molecule has 1 aliphatic heterocycles. The summed E-state index contributed by atoms with van der Waals surface area (Å²) in [7, 11) is 1.50. The molecule has 0 aliphatic carbocycles. The molecule has 0 saturated carbocycles. The van der Waals surface area contributed by atoms with Crippen LogP contribution in [0.4, 0.5) is 0 Å². The third-order valence-corrected chi connectivity index (χ3v) is 6.15. The fourth-order valence-corrected chi connectivity index (χ4v) is 3.78. The van der Waals surface area contributed by atoms with E-state index in [0.717, 1.165) is 5.56 Å². The number of rotatable bonds is 3. The van der Waals surface area contributed by atoms with Crippen molar-refractivity contribution in [3.63, 3.8) is 0 Å². The third-order valence-electron chi connectivity index (χ3n) is 6.15. The van der Waals surface area contributed by atoms with Gasteiger partial charge in [0.25, 0.3) is 0 Å². The highest BCUT2D eigenvalue weighted by molar-refractivity contribution is 5.94. The van der Waals surface area contributed by atoms with Crippen molar-refractivity contribution in [1.82, 2.24) is 35.8 Å². The van der Waals surface area contributed by atoms with Crippen LogP contribution in [0.3, 0.4) is 0 Å². The van der Waals surface area contributed by atoms with Crippen LogP contribution in [0.15, 0.2) is 36.5 Å². The zero-order valence-corrected chi connectivity index (χ0v) is 20.7. The predicted molar refractivity (Wildman–Crippen MR) is 129 cm³/mol. The molecule has 36 heavy (non-hydrogen) atoms. The molecule has 4 atom stereocenters. The summed E-state index contributed by atoms with van der Waals surface area (Å²) >= 11 is 0. The van der Waals surface area contributed by atoms with Gasteiger partial charge in [0, 0.05) is 39.1 Å². The number of likely N-dealkylation sites (N-methyl/N-ethyl adjacent to an activating group) is 1. The maximum Gasteiger partial charge on any atom is 0.245 e. The van der Waals surface area contributed by atoms with Gasteiger partial charge in [0.15, 0.2) is 0 Å². The lowest BCUT2D eigenvalue weighted by Crippen LogP contribution is -2.59. The van der Waals surface area contributed by atoms with Crippen LogP contribution in [0.25, 0.3) is 0 Å². The van der Waals surface area contributed by atoms with E-state index in [-0.39, 0.29) is 25.3 Å². The van der Waals surface area contributed by atoms with Crippen LogP contribution in [0.5, 0.6) is 0 Å². The molecule has 4 amide bonds. The molecule has 1 aliphatic rings. The number of nitrogens with zero attached hydrogens (tertiary/aromatic N) is 4. The molecular weight excluding hydrogens is 466 g/mol. The average molecular weight is 500 g/mol. The summed E-state index contributed by atoms with van der Waals surface area (Å²) in [6.07, 6.45) is 1.12. The molecule has 2 bridgehead atoms. The maximum atomic E-state index is 13.1. The number of amides is 4. The number of benzene rings is 1. The van der Waals surface area contributed by atoms with Crippen molar-refractivity contribution in [2.45, 2.75) is 63.9 Å². The Balaban J connectivity index is 1.86. The van der Waals surface area contributed by atoms with E-state index in [9.17, 15) is 24.3 Å². The zero-order valence-electron chi connectivity index (χ0n) is 20.7. The van der Waals surface area contributed by atoms with Gasteiger partial charge < -0.3 is 26.0 Å². The first-order valence-electron chi connectivity index (χ1n) is 11.9. The first kappa shape index (κ1) is 26.8. The lowest BCUT2D eigenvalue weighted by atomic mass is 10.0. The third kappa shape index (κ3) is 7.11. The van der Waals surface area contributed by atoms with Gasteiger partial charge in [-0.25, -0.2) is 0 Å². The van der Waals surface area contributed by atoms with E-state index in [0.29, 0.717) is 18.7 Å². The Labute approximate surface area is 209 Å². The first-order valence-corrected chi connectivity index (χ1v) is 11.9. The van der Waals surface area contributed by atoms with Gasteiger partial charge in [0.1, 0.15) is 18.1 Å². The van der Waals surface area contributed by atoms with Crippen LogP contribution >= 0.6 is 0 Å². The second-order valence-electron chi connectivity index (χ2n) is 8.92. The first-order chi connectivity index (χ1) is 17.2. The minimum absolute atomic E-state index is 0.116. The number of aliphatic hydroxyl groups excluding tert-OH is 1. The molecule has 0 fully saturated rings. The highest BCUT2D eigenvalue weighted by Crippen LogP contribution is 2.08. The number of hydrogen-bond donors (Lipinski definition) is 4. The van der Waals surface area contributed by atoms with Crippen LogP contribution in [0.2, 0.25) is 0 Å². The molecular formula is C24H33N7O5. The average Bonchev–Trinajstić information content (AvgIpc) is 3.31. The van der Waals surface area contributed by atoms with Crippen molar-refractivity contribution in [1.29, 1.82) is 0 Å². The van der Waals surface area contributed by atoms with Crippen LogP contribution in [-0.4, -0.2) is 86.5 Å². The van der Waals surface area contributed by atoms with E-state index in [2.05, 4.69) is 26.3 Å². The molecule has 1 aromatic heterocycles. The van der Waals surface area contributed by atoms with E-state index < -0.39 is 42.0 Å². The molecule has 0 saturated heterocycles. The molecule has 4 N–H and O–H groups in total. The number of carbonyl (C=O) groups is 4. The van der Waals surface area contributed by atoms with Gasteiger partial charge in [0.05, 0.1) is 18.3 Å². The molecule has 1 aromatic carbocycles. The number of carbonyl (C=O) groups excluding carboxylic acids is 4. The maximum absolute atomic E-state index is 13.1. The number of nitrogens with one attached hydrogen (secondary N) is 3. The summed E-state index contributed by atoms with van der Waals surface area (Å²) in [5, 5.41) is 26.3. The van der Waals surface area contributed by atoms with Gasteiger partial charge in [-0.15, -0.1) is 5.10 Å². The van der Waals surface area contributed by atoms with Gasteiger partial charge in [-0.1, -0.05) is 35.5 Å². The summed E-state index contributed by atoms with van der Waals surface area (Å²) in [5.74, 6) is -2.01. The number of fused-ring (bicyclic) bond motifs is 2. The van der Waals surface area contributed by atoms with Gasteiger partial charge in [-0.3, -0.25) is 23.9 Å². The van der Waals surface area contributed by atoms with Crippen molar-refractivity contribution in [2.75, 3.05) is 13.6 Å². The highest BCUT2D eigenvalue weighted by atomic mass is 16.3. The fourth-order valence-electron chi connectivity index (χ4n) is 3.78. The zero-order chi connectivity index (χ0) is 26.2. The summed E-state index contributed by atoms with van der Waals surface area (Å²) < 4.78 is 1.57. The van der Waals surface area contributed by atoms with E-state index in [1.165, 1.54) is 25.8 Å². The Morgan fingerprint density at radius 1 is 1.06 bits per heavy atom. The van der Waals surface area contributed by atoms with Gasteiger partial charge in [0.2, 0.25) is 23.6 Å². The minimum atomic E-state index is -1.32. The van der Waals surface area contributed by atoms with E-state index in [4.69, 9.17) is 0 Å². The number of hydrogen-bond acceptors (Lipinski definition) is 7. The second-order valence-corrected chi connectivity index (χ2v) is 8.92. The monoisotopic (exact) mass is 499 g/mol. The van der Waals surface area contributed by atoms with Crippen LogP contribution < -0.4 is 16.0 Å². The molecule has 12 nitrogen and oxygen atoms in total. The largest absolute Gasteiger partial charge is 0.391 e. The molecule has 0 unspecified atom stereocenters. The highest BCUT2D eigenvalue weighted by Gasteiger charge is 2.32. The molecule has 0 radical (unpaired) electrons. The smallest absolute Gasteiger partial charge is 0.245 e. The quantitative estimate of drug-likeness (QED) is 0.412. The molecule has 2 heterocycles. The topological polar surface area (TPSA) is 159 Å². The van der Waals surface area contributed by atoms with Crippen molar-refractivity contribution in [2.24, 2.45) is 0 Å². The summed E-state index contributed by atoms with van der Waals surface area (Å²) in [5.41, 5.74) is 1.44. The number of aryl methyl sites for hydroxylation is 1. The predicted octanol–water partition coefficient (Wildman–Crippen LogP) is -1.22. The van der Waals surface area contributed by atoms with Crippen molar-refractivity contribution < 1.29 is 24.3 Å². The molecule has 2 aromatic rings. The summed E-state index contributed by atoms with van der Waals surface area (Å²) in [4.78, 5) is 52.9. The lowest BCUT2D eigenvalue weighted by molar-refractivity contribution is -0.140. The van der Waals surface area contributed by atoms with Crippen molar-refractivity contribution in [3.05, 3.63) is 47.8 Å². The standard InChI is InChI=1S/C24H33N7O5/c1-15-22(34)27-21(16(2)32)24(36)26-19(13-17-7-5-4-6-8-17)23(35)25-11-12-31-14-18(28-29-31)9-10-20(33)30(15)3/h4-8,14-16,19,21,32H,9-13H2,1-3H3,(H,25,35)(H,26,36)(H,27,34)/t15-,16+,19-,21-/m0/s1. The van der Waals surface area contributed by atoms with E-state index >= 15 is 0 Å². The van der Waals surface area contributed by atoms with Crippen LogP contribution in [-0.2, 0) is 38.6 Å². The van der Waals surface area contributed by atoms with E-state index in [1.807, 2.05) is 30.3 Å². The van der Waals surface area contributed by atoms with Crippen molar-refractivity contribution in [3.8, 4) is 0 Å². The Morgan fingerprint density at radius 3 is 2.47 bits per heavy atom. The van der Waals surface area contributed by atoms with Gasteiger partial charge in [-0.2, -0.15) is 0 Å². The summed E-state index contributed by atoms with van der Waals surface area (Å²) in [6.45, 7) is 3.48. The van der Waals surface area contributed by atoms with Crippen LogP contribution in [0, 0.1) is 0 Å². The Hall–Kier alpha value is -3.80. The fraction of sp³-hybridized carbons (Fsp3) is 0.500. The summed E-state index contributed by atoms with van der Waals surface area (Å²) in [6, 6.07) is 6.01. The Kier molecular flexibility index (Phi) is 9.12. The van der Waals surface area contributed by atoms with E-state index in [1.54, 1.807) is 10.9 Å². The SMILES string of the molecule is C[C@@H](O)[C@@H]1NC(=O)[C@H](C)N(C)C(=O)CCc2cn(nn2)CCNC(=O)[C@H](Cc2ccccc2)NC1=O. The Bertz CT molecular complexity index is 1070. The molecule has 12 heteroatoms. The Morgan fingerprint density at radius 2 is 1.78 bits per heavy atom. The molecule has 194 valence electrons. The van der Waals surface area contributed by atoms with Gasteiger partial charge >= 0.3 is 0 Å². The number of aromatic nitrogens is 3. The lowest BCUT2D eigenvalue weighted by Gasteiger charge is -2.28.